The second-order valence-electron chi connectivity index (χ2n) is 7.55. The standard InChI is InChI=1S/C26H20N2O3S/c1-15(29)27-18-12-9-17(10-13-18)23-20(7-4-8-21(23)26(30)31)25-28-24-19-6-3-2-5-16(19)11-14-22(24)32-25/h2-14,26,30-31H,1H3,(H,27,29). The fourth-order valence-corrected chi connectivity index (χ4v) is 5.00. The van der Waals surface area contributed by atoms with Gasteiger partial charge in [-0.15, -0.1) is 11.3 Å². The lowest BCUT2D eigenvalue weighted by atomic mass is 9.94. The molecular formula is C26H20N2O3S. The highest BCUT2D eigenvalue weighted by molar-refractivity contribution is 7.21. The van der Waals surface area contributed by atoms with Crippen molar-refractivity contribution in [2.24, 2.45) is 0 Å². The van der Waals surface area contributed by atoms with Gasteiger partial charge in [0.15, 0.2) is 6.29 Å². The first-order valence-electron chi connectivity index (χ1n) is 10.2. The lowest BCUT2D eigenvalue weighted by molar-refractivity contribution is -0.114. The number of hydrogen-bond acceptors (Lipinski definition) is 5. The summed E-state index contributed by atoms with van der Waals surface area (Å²) in [4.78, 5) is 16.3. The predicted molar refractivity (Wildman–Crippen MR) is 129 cm³/mol. The molecule has 3 N–H and O–H groups in total. The van der Waals surface area contributed by atoms with Gasteiger partial charge in [0.2, 0.25) is 5.91 Å². The van der Waals surface area contributed by atoms with Crippen molar-refractivity contribution in [2.75, 3.05) is 5.32 Å². The summed E-state index contributed by atoms with van der Waals surface area (Å²) >= 11 is 1.57. The molecule has 1 heterocycles. The third kappa shape index (κ3) is 3.65. The Morgan fingerprint density at radius 1 is 0.938 bits per heavy atom. The van der Waals surface area contributed by atoms with Crippen molar-refractivity contribution in [3.8, 4) is 21.7 Å². The molecule has 0 aliphatic carbocycles. The summed E-state index contributed by atoms with van der Waals surface area (Å²) in [5.41, 5.74) is 4.36. The monoisotopic (exact) mass is 440 g/mol. The van der Waals surface area contributed by atoms with E-state index in [0.717, 1.165) is 37.1 Å². The topological polar surface area (TPSA) is 82.5 Å². The molecule has 0 spiro atoms. The van der Waals surface area contributed by atoms with Gasteiger partial charge in [-0.2, -0.15) is 0 Å². The minimum absolute atomic E-state index is 0.147. The number of thiazole rings is 1. The van der Waals surface area contributed by atoms with E-state index in [-0.39, 0.29) is 5.91 Å². The van der Waals surface area contributed by atoms with Crippen LogP contribution in [0.5, 0.6) is 0 Å². The lowest BCUT2D eigenvalue weighted by Gasteiger charge is -2.16. The Hall–Kier alpha value is -3.58. The molecule has 0 aliphatic rings. The number of amides is 1. The molecule has 0 unspecified atom stereocenters. The van der Waals surface area contributed by atoms with E-state index in [9.17, 15) is 15.0 Å². The first-order chi connectivity index (χ1) is 15.5. The van der Waals surface area contributed by atoms with Gasteiger partial charge in [-0.05, 0) is 29.1 Å². The maximum absolute atomic E-state index is 11.3. The molecule has 0 radical (unpaired) electrons. The number of rotatable bonds is 4. The average Bonchev–Trinajstić information content (AvgIpc) is 3.23. The highest BCUT2D eigenvalue weighted by atomic mass is 32.1. The molecule has 6 heteroatoms. The molecule has 5 aromatic rings. The van der Waals surface area contributed by atoms with Gasteiger partial charge in [-0.1, -0.05) is 60.7 Å². The fourth-order valence-electron chi connectivity index (χ4n) is 3.99. The number of nitrogens with zero attached hydrogens (tertiary/aromatic N) is 1. The van der Waals surface area contributed by atoms with Crippen LogP contribution in [0.2, 0.25) is 0 Å². The van der Waals surface area contributed by atoms with Crippen LogP contribution in [-0.2, 0) is 4.79 Å². The molecule has 0 saturated heterocycles. The molecule has 158 valence electrons. The van der Waals surface area contributed by atoms with Crippen molar-refractivity contribution in [3.05, 3.63) is 84.4 Å². The SMILES string of the molecule is CC(=O)Nc1ccc(-c2c(-c3nc4c(ccc5ccccc54)s3)cccc2C(O)O)cc1. The maximum Gasteiger partial charge on any atom is 0.221 e. The molecule has 0 bridgehead atoms. The number of benzene rings is 4. The maximum atomic E-state index is 11.3. The molecule has 1 aromatic heterocycles. The lowest BCUT2D eigenvalue weighted by Crippen LogP contribution is -2.05. The zero-order valence-corrected chi connectivity index (χ0v) is 18.1. The number of hydrogen-bond donors (Lipinski definition) is 3. The van der Waals surface area contributed by atoms with E-state index in [0.29, 0.717) is 16.8 Å². The van der Waals surface area contributed by atoms with Crippen molar-refractivity contribution in [1.29, 1.82) is 0 Å². The van der Waals surface area contributed by atoms with Crippen LogP contribution in [0.15, 0.2) is 78.9 Å². The van der Waals surface area contributed by atoms with Crippen molar-refractivity contribution < 1.29 is 15.0 Å². The minimum Gasteiger partial charge on any atom is -0.364 e. The van der Waals surface area contributed by atoms with Gasteiger partial charge < -0.3 is 15.5 Å². The summed E-state index contributed by atoms with van der Waals surface area (Å²) in [6.07, 6.45) is -1.63. The van der Waals surface area contributed by atoms with Gasteiger partial charge in [0.25, 0.3) is 0 Å². The zero-order chi connectivity index (χ0) is 22.2. The Morgan fingerprint density at radius 3 is 2.47 bits per heavy atom. The number of carbonyl (C=O) groups is 1. The summed E-state index contributed by atoms with van der Waals surface area (Å²) in [7, 11) is 0. The van der Waals surface area contributed by atoms with Crippen LogP contribution in [0.3, 0.4) is 0 Å². The van der Waals surface area contributed by atoms with Crippen molar-refractivity contribution in [3.63, 3.8) is 0 Å². The summed E-state index contributed by atoms with van der Waals surface area (Å²) in [6.45, 7) is 1.46. The number of aliphatic hydroxyl groups excluding tert-OH is 1. The van der Waals surface area contributed by atoms with E-state index >= 15 is 0 Å². The zero-order valence-electron chi connectivity index (χ0n) is 17.2. The molecule has 5 rings (SSSR count). The van der Waals surface area contributed by atoms with Crippen molar-refractivity contribution in [2.45, 2.75) is 13.2 Å². The minimum atomic E-state index is -1.63. The van der Waals surface area contributed by atoms with Crippen LogP contribution in [0.4, 0.5) is 5.69 Å². The molecule has 0 atom stereocenters. The van der Waals surface area contributed by atoms with Gasteiger partial charge in [0.05, 0.1) is 10.2 Å². The Kier molecular flexibility index (Phi) is 5.19. The van der Waals surface area contributed by atoms with Crippen LogP contribution in [0.25, 0.3) is 42.7 Å². The van der Waals surface area contributed by atoms with E-state index < -0.39 is 6.29 Å². The van der Waals surface area contributed by atoms with Crippen molar-refractivity contribution >= 4 is 43.9 Å². The van der Waals surface area contributed by atoms with Crippen LogP contribution in [0, 0.1) is 0 Å². The molecular weight excluding hydrogens is 420 g/mol. The number of aliphatic hydroxyl groups is 2. The normalized spacial score (nSPS) is 11.4. The number of carbonyl (C=O) groups excluding carboxylic acids is 1. The number of anilines is 1. The van der Waals surface area contributed by atoms with E-state index in [4.69, 9.17) is 4.98 Å². The average molecular weight is 441 g/mol. The molecule has 0 aliphatic heterocycles. The molecule has 5 nitrogen and oxygen atoms in total. The summed E-state index contributed by atoms with van der Waals surface area (Å²) in [5, 5.41) is 25.9. The van der Waals surface area contributed by atoms with E-state index in [2.05, 4.69) is 29.6 Å². The summed E-state index contributed by atoms with van der Waals surface area (Å²) < 4.78 is 1.07. The first kappa shape index (κ1) is 20.3. The molecule has 0 saturated carbocycles. The van der Waals surface area contributed by atoms with Crippen LogP contribution in [-0.4, -0.2) is 21.1 Å². The Bertz CT molecular complexity index is 1460. The Morgan fingerprint density at radius 2 is 1.72 bits per heavy atom. The van der Waals surface area contributed by atoms with Gasteiger partial charge in [-0.25, -0.2) is 4.98 Å². The summed E-state index contributed by atoms with van der Waals surface area (Å²) in [5.74, 6) is -0.147. The second kappa shape index (κ2) is 8.16. The third-order valence-corrected chi connectivity index (χ3v) is 6.44. The molecule has 1 amide bonds. The van der Waals surface area contributed by atoms with Gasteiger partial charge >= 0.3 is 0 Å². The number of fused-ring (bicyclic) bond motifs is 3. The molecule has 4 aromatic carbocycles. The Balaban J connectivity index is 1.70. The van der Waals surface area contributed by atoms with Crippen molar-refractivity contribution in [1.82, 2.24) is 4.98 Å². The van der Waals surface area contributed by atoms with Crippen LogP contribution >= 0.6 is 11.3 Å². The largest absolute Gasteiger partial charge is 0.364 e. The second-order valence-corrected chi connectivity index (χ2v) is 8.59. The summed E-state index contributed by atoms with van der Waals surface area (Å²) in [6, 6.07) is 25.1. The van der Waals surface area contributed by atoms with E-state index in [1.165, 1.54) is 6.92 Å². The highest BCUT2D eigenvalue weighted by Gasteiger charge is 2.19. The van der Waals surface area contributed by atoms with E-state index in [1.54, 1.807) is 29.5 Å². The smallest absolute Gasteiger partial charge is 0.221 e. The third-order valence-electron chi connectivity index (χ3n) is 5.38. The highest BCUT2D eigenvalue weighted by Crippen LogP contribution is 2.41. The Labute approximate surface area is 188 Å². The van der Waals surface area contributed by atoms with Gasteiger partial charge in [-0.3, -0.25) is 4.79 Å². The predicted octanol–water partition coefficient (Wildman–Crippen LogP) is 5.73. The van der Waals surface area contributed by atoms with Gasteiger partial charge in [0.1, 0.15) is 5.01 Å². The molecule has 0 fully saturated rings. The first-order valence-corrected chi connectivity index (χ1v) is 11.0. The van der Waals surface area contributed by atoms with Gasteiger partial charge in [0, 0.05) is 34.7 Å². The van der Waals surface area contributed by atoms with E-state index in [1.807, 2.05) is 36.4 Å². The number of nitrogens with one attached hydrogen (secondary N) is 1. The molecule has 32 heavy (non-hydrogen) atoms. The fraction of sp³-hybridized carbons (Fsp3) is 0.0769. The quantitative estimate of drug-likeness (QED) is 0.312. The van der Waals surface area contributed by atoms with Crippen LogP contribution < -0.4 is 5.32 Å². The number of aromatic nitrogens is 1. The van der Waals surface area contributed by atoms with Crippen LogP contribution in [0.1, 0.15) is 18.8 Å².